The molecular weight excluding hydrogens is 224 g/mol. The summed E-state index contributed by atoms with van der Waals surface area (Å²) in [5, 5.41) is 3.14. The van der Waals surface area contributed by atoms with Crippen molar-refractivity contribution < 1.29 is 4.74 Å². The Hall–Kier alpha value is -1.35. The number of nitrogens with one attached hydrogen (secondary N) is 1. The van der Waals surface area contributed by atoms with Crippen LogP contribution in [0.5, 0.6) is 5.75 Å². The van der Waals surface area contributed by atoms with E-state index in [2.05, 4.69) is 30.2 Å². The third-order valence-corrected chi connectivity index (χ3v) is 3.08. The standard InChI is InChI=1S/C15H24N2O/c1-11(7-6-8-16-4)9-14-13(3)15(18-5)12(2)10-17-14/h7,10,16H,6,8-9H2,1-5H3. The van der Waals surface area contributed by atoms with Gasteiger partial charge in [-0.05, 0) is 40.8 Å². The van der Waals surface area contributed by atoms with E-state index in [0.29, 0.717) is 0 Å². The first-order chi connectivity index (χ1) is 8.60. The highest BCUT2D eigenvalue weighted by atomic mass is 16.5. The van der Waals surface area contributed by atoms with Crippen molar-refractivity contribution in [3.63, 3.8) is 0 Å². The summed E-state index contributed by atoms with van der Waals surface area (Å²) in [5.41, 5.74) is 4.71. The highest BCUT2D eigenvalue weighted by Crippen LogP contribution is 2.25. The molecule has 1 N–H and O–H groups in total. The number of hydrogen-bond donors (Lipinski definition) is 1. The minimum atomic E-state index is 0.895. The topological polar surface area (TPSA) is 34.2 Å². The van der Waals surface area contributed by atoms with Gasteiger partial charge in [-0.25, -0.2) is 0 Å². The maximum absolute atomic E-state index is 5.43. The quantitative estimate of drug-likeness (QED) is 0.621. The average molecular weight is 248 g/mol. The Bertz CT molecular complexity index is 425. The molecule has 0 spiro atoms. The summed E-state index contributed by atoms with van der Waals surface area (Å²) in [7, 11) is 3.69. The molecule has 0 atom stereocenters. The molecule has 0 radical (unpaired) electrons. The van der Waals surface area contributed by atoms with Crippen LogP contribution in [0.2, 0.25) is 0 Å². The minimum absolute atomic E-state index is 0.895. The van der Waals surface area contributed by atoms with Crippen molar-refractivity contribution in [1.82, 2.24) is 10.3 Å². The molecule has 3 nitrogen and oxygen atoms in total. The third kappa shape index (κ3) is 3.84. The van der Waals surface area contributed by atoms with Gasteiger partial charge in [-0.2, -0.15) is 0 Å². The summed E-state index contributed by atoms with van der Waals surface area (Å²) in [6.07, 6.45) is 6.11. The molecule has 0 aliphatic carbocycles. The average Bonchev–Trinajstić information content (AvgIpc) is 2.34. The lowest BCUT2D eigenvalue weighted by molar-refractivity contribution is 0.407. The number of rotatable bonds is 6. The van der Waals surface area contributed by atoms with Gasteiger partial charge >= 0.3 is 0 Å². The van der Waals surface area contributed by atoms with Crippen LogP contribution in [0.4, 0.5) is 0 Å². The zero-order valence-corrected chi connectivity index (χ0v) is 12.1. The number of ether oxygens (including phenoxy) is 1. The molecule has 0 aliphatic heterocycles. The molecule has 1 aromatic heterocycles. The van der Waals surface area contributed by atoms with Gasteiger partial charge in [-0.1, -0.05) is 11.6 Å². The minimum Gasteiger partial charge on any atom is -0.496 e. The van der Waals surface area contributed by atoms with Gasteiger partial charge in [0, 0.05) is 23.7 Å². The normalized spacial score (nSPS) is 11.7. The Kier molecular flexibility index (Phi) is 5.86. The fraction of sp³-hybridized carbons (Fsp3) is 0.533. The van der Waals surface area contributed by atoms with E-state index in [1.807, 2.05) is 20.2 Å². The van der Waals surface area contributed by atoms with Crippen molar-refractivity contribution in [1.29, 1.82) is 0 Å². The van der Waals surface area contributed by atoms with Gasteiger partial charge in [0.1, 0.15) is 5.75 Å². The maximum Gasteiger partial charge on any atom is 0.128 e. The smallest absolute Gasteiger partial charge is 0.128 e. The van der Waals surface area contributed by atoms with Crippen molar-refractivity contribution in [2.45, 2.75) is 33.6 Å². The second kappa shape index (κ2) is 7.17. The molecule has 0 amide bonds. The van der Waals surface area contributed by atoms with Gasteiger partial charge in [0.2, 0.25) is 0 Å². The lowest BCUT2D eigenvalue weighted by Crippen LogP contribution is -2.06. The molecule has 0 fully saturated rings. The molecule has 0 aliphatic rings. The number of nitrogens with zero attached hydrogens (tertiary/aromatic N) is 1. The first-order valence-electron chi connectivity index (χ1n) is 6.39. The van der Waals surface area contributed by atoms with Gasteiger partial charge in [0.25, 0.3) is 0 Å². The summed E-state index contributed by atoms with van der Waals surface area (Å²) in [4.78, 5) is 4.52. The van der Waals surface area contributed by atoms with Crippen LogP contribution in [0.3, 0.4) is 0 Å². The van der Waals surface area contributed by atoms with Crippen molar-refractivity contribution in [3.8, 4) is 5.75 Å². The maximum atomic E-state index is 5.43. The Morgan fingerprint density at radius 2 is 2.17 bits per heavy atom. The summed E-state index contributed by atoms with van der Waals surface area (Å²) in [6.45, 7) is 7.28. The molecule has 3 heteroatoms. The van der Waals surface area contributed by atoms with Crippen LogP contribution in [0.1, 0.15) is 30.2 Å². The van der Waals surface area contributed by atoms with Gasteiger partial charge in [0.15, 0.2) is 0 Å². The van der Waals surface area contributed by atoms with Crippen LogP contribution < -0.4 is 10.1 Å². The van der Waals surface area contributed by atoms with Crippen molar-refractivity contribution >= 4 is 0 Å². The number of methoxy groups -OCH3 is 1. The number of hydrogen-bond acceptors (Lipinski definition) is 3. The molecule has 1 heterocycles. The first-order valence-corrected chi connectivity index (χ1v) is 6.39. The molecule has 18 heavy (non-hydrogen) atoms. The number of allylic oxidation sites excluding steroid dienone is 1. The fourth-order valence-electron chi connectivity index (χ4n) is 2.05. The van der Waals surface area contributed by atoms with Crippen LogP contribution in [-0.2, 0) is 6.42 Å². The monoisotopic (exact) mass is 248 g/mol. The highest BCUT2D eigenvalue weighted by molar-refractivity contribution is 5.42. The highest BCUT2D eigenvalue weighted by Gasteiger charge is 2.09. The van der Waals surface area contributed by atoms with Crippen LogP contribution in [0, 0.1) is 13.8 Å². The van der Waals surface area contributed by atoms with Gasteiger partial charge in [-0.15, -0.1) is 0 Å². The number of pyridine rings is 1. The Morgan fingerprint density at radius 3 is 2.78 bits per heavy atom. The van der Waals surface area contributed by atoms with Gasteiger partial charge in [0.05, 0.1) is 12.8 Å². The molecule has 100 valence electrons. The Morgan fingerprint density at radius 1 is 1.44 bits per heavy atom. The van der Waals surface area contributed by atoms with Crippen LogP contribution in [-0.4, -0.2) is 25.7 Å². The predicted molar refractivity (Wildman–Crippen MR) is 76.3 cm³/mol. The van der Waals surface area contributed by atoms with Crippen LogP contribution in [0.25, 0.3) is 0 Å². The summed E-state index contributed by atoms with van der Waals surface area (Å²) in [6, 6.07) is 0. The van der Waals surface area contributed by atoms with Crippen molar-refractivity contribution in [3.05, 3.63) is 34.7 Å². The van der Waals surface area contributed by atoms with Crippen LogP contribution >= 0.6 is 0 Å². The van der Waals surface area contributed by atoms with E-state index in [4.69, 9.17) is 4.74 Å². The molecule has 0 saturated carbocycles. The zero-order valence-electron chi connectivity index (χ0n) is 12.1. The molecule has 0 aromatic carbocycles. The molecular formula is C15H24N2O. The molecule has 0 bridgehead atoms. The summed E-state index contributed by atoms with van der Waals surface area (Å²) in [5.74, 6) is 0.961. The first kappa shape index (κ1) is 14.7. The summed E-state index contributed by atoms with van der Waals surface area (Å²) < 4.78 is 5.43. The largest absolute Gasteiger partial charge is 0.496 e. The number of aromatic nitrogens is 1. The van der Waals surface area contributed by atoms with E-state index in [1.165, 1.54) is 5.57 Å². The zero-order chi connectivity index (χ0) is 13.5. The Balaban J connectivity index is 2.82. The Labute approximate surface area is 110 Å². The molecule has 0 saturated heterocycles. The molecule has 1 rings (SSSR count). The van der Waals surface area contributed by atoms with E-state index in [1.54, 1.807) is 7.11 Å². The molecule has 0 unspecified atom stereocenters. The summed E-state index contributed by atoms with van der Waals surface area (Å²) >= 11 is 0. The lowest BCUT2D eigenvalue weighted by atomic mass is 10.0. The van der Waals surface area contributed by atoms with Crippen molar-refractivity contribution in [2.75, 3.05) is 20.7 Å². The van der Waals surface area contributed by atoms with E-state index in [0.717, 1.165) is 42.0 Å². The lowest BCUT2D eigenvalue weighted by Gasteiger charge is -2.12. The second-order valence-corrected chi connectivity index (χ2v) is 4.67. The fourth-order valence-corrected chi connectivity index (χ4v) is 2.05. The number of aryl methyl sites for hydroxylation is 1. The van der Waals surface area contributed by atoms with Gasteiger partial charge in [-0.3, -0.25) is 4.98 Å². The second-order valence-electron chi connectivity index (χ2n) is 4.67. The van der Waals surface area contributed by atoms with Crippen molar-refractivity contribution in [2.24, 2.45) is 0 Å². The third-order valence-electron chi connectivity index (χ3n) is 3.08. The van der Waals surface area contributed by atoms with E-state index in [-0.39, 0.29) is 0 Å². The van der Waals surface area contributed by atoms with E-state index >= 15 is 0 Å². The SMILES string of the molecule is CNCCC=C(C)Cc1ncc(C)c(OC)c1C. The van der Waals surface area contributed by atoms with Gasteiger partial charge < -0.3 is 10.1 Å². The van der Waals surface area contributed by atoms with E-state index in [9.17, 15) is 0 Å². The molecule has 1 aromatic rings. The van der Waals surface area contributed by atoms with Crippen LogP contribution in [0.15, 0.2) is 17.8 Å². The predicted octanol–water partition coefficient (Wildman–Crippen LogP) is 2.81. The van der Waals surface area contributed by atoms with E-state index < -0.39 is 0 Å².